The molecule has 3 nitrogen and oxygen atoms in total. The van der Waals surface area contributed by atoms with Gasteiger partial charge in [-0.1, -0.05) is 31.2 Å². The molecule has 0 radical (unpaired) electrons. The highest BCUT2D eigenvalue weighted by molar-refractivity contribution is 6.53. The maximum absolute atomic E-state index is 12.2. The average molecular weight is 369 g/mol. The van der Waals surface area contributed by atoms with Crippen LogP contribution < -0.4 is 5.32 Å². The lowest BCUT2D eigenvalue weighted by molar-refractivity contribution is -0.125. The van der Waals surface area contributed by atoms with Crippen LogP contribution in [0.15, 0.2) is 24.3 Å². The van der Waals surface area contributed by atoms with Gasteiger partial charge in [0.2, 0.25) is 5.91 Å². The predicted octanol–water partition coefficient (Wildman–Crippen LogP) is 4.12. The van der Waals surface area contributed by atoms with Crippen LogP contribution in [0.25, 0.3) is 0 Å². The monoisotopic (exact) mass is 368 g/mol. The number of benzene rings is 1. The van der Waals surface area contributed by atoms with E-state index in [-0.39, 0.29) is 5.91 Å². The number of likely N-dealkylation sites (tertiary alicyclic amines) is 1. The predicted molar refractivity (Wildman–Crippen MR) is 99.1 cm³/mol. The maximum atomic E-state index is 12.2. The van der Waals surface area contributed by atoms with Crippen molar-refractivity contribution in [2.45, 2.75) is 50.5 Å². The second-order valence-electron chi connectivity index (χ2n) is 7.67. The lowest BCUT2D eigenvalue weighted by Crippen LogP contribution is -2.33. The van der Waals surface area contributed by atoms with Crippen molar-refractivity contribution >= 4 is 29.1 Å². The third-order valence-corrected chi connectivity index (χ3v) is 6.62. The Morgan fingerprint density at radius 1 is 1.21 bits per heavy atom. The minimum absolute atomic E-state index is 0.0704. The molecule has 0 aromatic heterocycles. The first-order valence-corrected chi connectivity index (χ1v) is 9.52. The van der Waals surface area contributed by atoms with Crippen molar-refractivity contribution in [1.82, 2.24) is 10.2 Å². The number of nitrogens with zero attached hydrogens (tertiary/aromatic N) is 1. The largest absolute Gasteiger partial charge is 0.351 e. The van der Waals surface area contributed by atoms with Crippen LogP contribution in [0.3, 0.4) is 0 Å². The molecule has 1 aromatic rings. The number of hydrogen-bond donors (Lipinski definition) is 1. The van der Waals surface area contributed by atoms with Gasteiger partial charge in [-0.2, -0.15) is 0 Å². The molecule has 0 spiro atoms. The topological polar surface area (TPSA) is 32.3 Å². The van der Waals surface area contributed by atoms with E-state index in [0.29, 0.717) is 13.0 Å². The fourth-order valence-electron chi connectivity index (χ4n) is 3.26. The summed E-state index contributed by atoms with van der Waals surface area (Å²) in [5.74, 6) is 0.791. The second-order valence-corrected chi connectivity index (χ2v) is 9.16. The molecule has 1 saturated heterocycles. The Hall–Kier alpha value is -0.770. The third kappa shape index (κ3) is 3.89. The first-order valence-electron chi connectivity index (χ1n) is 8.76. The van der Waals surface area contributed by atoms with E-state index >= 15 is 0 Å². The Morgan fingerprint density at radius 3 is 2.29 bits per heavy atom. The Morgan fingerprint density at radius 2 is 1.75 bits per heavy atom. The van der Waals surface area contributed by atoms with Crippen LogP contribution in [0.2, 0.25) is 0 Å². The van der Waals surface area contributed by atoms with Crippen LogP contribution in [0.5, 0.6) is 0 Å². The summed E-state index contributed by atoms with van der Waals surface area (Å²) in [5, 5.41) is 2.94. The molecular weight excluding hydrogens is 343 g/mol. The van der Waals surface area contributed by atoms with Crippen molar-refractivity contribution in [2.24, 2.45) is 11.3 Å². The first kappa shape index (κ1) is 18.0. The molecule has 2 fully saturated rings. The number of nitrogens with one attached hydrogen (secondary N) is 1. The van der Waals surface area contributed by atoms with Gasteiger partial charge >= 0.3 is 0 Å². The van der Waals surface area contributed by atoms with Crippen molar-refractivity contribution in [1.29, 1.82) is 0 Å². The van der Waals surface area contributed by atoms with Crippen LogP contribution in [-0.2, 0) is 17.9 Å². The van der Waals surface area contributed by atoms with Crippen molar-refractivity contribution in [3.05, 3.63) is 35.4 Å². The van der Waals surface area contributed by atoms with E-state index in [1.807, 2.05) is 6.92 Å². The van der Waals surface area contributed by atoms with Gasteiger partial charge in [0, 0.05) is 13.1 Å². The molecule has 1 atom stereocenters. The highest BCUT2D eigenvalue weighted by Crippen LogP contribution is 2.63. The number of amides is 1. The van der Waals surface area contributed by atoms with Crippen LogP contribution in [-0.4, -0.2) is 28.2 Å². The normalized spacial score (nSPS) is 27.0. The summed E-state index contributed by atoms with van der Waals surface area (Å²) in [4.78, 5) is 14.7. The van der Waals surface area contributed by atoms with Crippen LogP contribution in [0, 0.1) is 11.3 Å². The Bertz CT molecular complexity index is 594. The number of halogens is 2. The van der Waals surface area contributed by atoms with Crippen molar-refractivity contribution < 1.29 is 4.79 Å². The van der Waals surface area contributed by atoms with Crippen LogP contribution >= 0.6 is 23.2 Å². The summed E-state index contributed by atoms with van der Waals surface area (Å²) in [6.45, 7) is 8.05. The number of carbonyl (C=O) groups is 1. The molecule has 2 aliphatic rings. The molecule has 5 heteroatoms. The van der Waals surface area contributed by atoms with Gasteiger partial charge in [-0.3, -0.25) is 9.69 Å². The van der Waals surface area contributed by atoms with E-state index in [4.69, 9.17) is 23.2 Å². The smallest absolute Gasteiger partial charge is 0.229 e. The molecule has 132 valence electrons. The van der Waals surface area contributed by atoms with E-state index in [1.54, 1.807) is 0 Å². The second kappa shape index (κ2) is 6.86. The number of hydrogen-bond acceptors (Lipinski definition) is 2. The minimum Gasteiger partial charge on any atom is -0.351 e. The first-order chi connectivity index (χ1) is 11.3. The average Bonchev–Trinajstić information content (AvgIpc) is 3.08. The summed E-state index contributed by atoms with van der Waals surface area (Å²) in [6.07, 6.45) is 3.11. The molecule has 24 heavy (non-hydrogen) atoms. The molecule has 1 unspecified atom stereocenters. The number of alkyl halides is 2. The number of rotatable bonds is 5. The zero-order chi connectivity index (χ0) is 17.4. The van der Waals surface area contributed by atoms with E-state index in [0.717, 1.165) is 18.0 Å². The fraction of sp³-hybridized carbons (Fsp3) is 0.632. The van der Waals surface area contributed by atoms with Crippen LogP contribution in [0.1, 0.15) is 44.2 Å². The summed E-state index contributed by atoms with van der Waals surface area (Å²) >= 11 is 12.1. The zero-order valence-corrected chi connectivity index (χ0v) is 16.0. The molecule has 0 bridgehead atoms. The van der Waals surface area contributed by atoms with E-state index < -0.39 is 9.75 Å². The molecule has 1 aliphatic heterocycles. The van der Waals surface area contributed by atoms with Crippen molar-refractivity contribution in [3.8, 4) is 0 Å². The quantitative estimate of drug-likeness (QED) is 0.792. The van der Waals surface area contributed by atoms with E-state index in [2.05, 4.69) is 41.4 Å². The highest BCUT2D eigenvalue weighted by atomic mass is 35.5. The number of carbonyl (C=O) groups excluding carboxylic acids is 1. The molecule has 3 rings (SSSR count). The van der Waals surface area contributed by atoms with E-state index in [1.165, 1.54) is 31.5 Å². The van der Waals surface area contributed by atoms with Gasteiger partial charge in [0.15, 0.2) is 0 Å². The van der Waals surface area contributed by atoms with Gasteiger partial charge in [0.25, 0.3) is 0 Å². The summed E-state index contributed by atoms with van der Waals surface area (Å²) in [6, 6.07) is 8.50. The summed E-state index contributed by atoms with van der Waals surface area (Å²) in [5.41, 5.74) is 1.77. The molecular formula is C19H26Cl2N2O. The fourth-order valence-corrected chi connectivity index (χ4v) is 3.97. The van der Waals surface area contributed by atoms with Gasteiger partial charge in [0.1, 0.15) is 4.33 Å². The van der Waals surface area contributed by atoms with Crippen molar-refractivity contribution in [3.63, 3.8) is 0 Å². The van der Waals surface area contributed by atoms with Gasteiger partial charge < -0.3 is 5.32 Å². The van der Waals surface area contributed by atoms with E-state index in [9.17, 15) is 4.79 Å². The molecule has 1 N–H and O–H groups in total. The van der Waals surface area contributed by atoms with Gasteiger partial charge in [-0.25, -0.2) is 0 Å². The molecule has 1 heterocycles. The lowest BCUT2D eigenvalue weighted by Gasteiger charge is -2.30. The Kier molecular flexibility index (Phi) is 5.15. The van der Waals surface area contributed by atoms with Gasteiger partial charge in [0.05, 0.1) is 5.41 Å². The van der Waals surface area contributed by atoms with Crippen LogP contribution in [0.4, 0.5) is 0 Å². The number of piperidine rings is 1. The zero-order valence-electron chi connectivity index (χ0n) is 14.4. The van der Waals surface area contributed by atoms with Crippen molar-refractivity contribution in [2.75, 3.05) is 13.1 Å². The molecule has 1 aliphatic carbocycles. The summed E-state index contributed by atoms with van der Waals surface area (Å²) < 4.78 is -0.910. The maximum Gasteiger partial charge on any atom is 0.229 e. The molecule has 1 amide bonds. The lowest BCUT2D eigenvalue weighted by atomic mass is 9.99. The van der Waals surface area contributed by atoms with Gasteiger partial charge in [-0.05, 0) is 56.3 Å². The highest BCUT2D eigenvalue weighted by Gasteiger charge is 2.67. The molecule has 1 aromatic carbocycles. The Balaban J connectivity index is 1.47. The molecule has 1 saturated carbocycles. The Labute approximate surface area is 154 Å². The third-order valence-electron chi connectivity index (χ3n) is 5.52. The standard InChI is InChI=1S/C19H26Cl2N2O/c1-14-7-9-23(10-8-14)12-16-5-3-15(4-6-16)11-22-17(24)18(2)13-19(18,20)21/h3-6,14H,7-13H2,1-2H3,(H,22,24). The summed E-state index contributed by atoms with van der Waals surface area (Å²) in [7, 11) is 0. The minimum atomic E-state index is -0.910. The SMILES string of the molecule is CC1CCN(Cc2ccc(CNC(=O)C3(C)CC3(Cl)Cl)cc2)CC1. The van der Waals surface area contributed by atoms with Gasteiger partial charge in [-0.15, -0.1) is 23.2 Å².